The number of hydrogen-bond acceptors (Lipinski definition) is 5. The van der Waals surface area contributed by atoms with E-state index in [1.165, 1.54) is 27.8 Å². The van der Waals surface area contributed by atoms with E-state index in [1.807, 2.05) is 66.7 Å². The van der Waals surface area contributed by atoms with Crippen molar-refractivity contribution in [2.75, 3.05) is 15.7 Å². The van der Waals surface area contributed by atoms with Crippen molar-refractivity contribution in [1.82, 2.24) is 4.98 Å². The molecule has 41 heavy (non-hydrogen) atoms. The Morgan fingerprint density at radius 1 is 0.927 bits per heavy atom. The summed E-state index contributed by atoms with van der Waals surface area (Å²) in [6.07, 6.45) is 1.62. The fourth-order valence-electron chi connectivity index (χ4n) is 5.33. The van der Waals surface area contributed by atoms with Crippen LogP contribution in [0.1, 0.15) is 53.2 Å². The third kappa shape index (κ3) is 5.25. The summed E-state index contributed by atoms with van der Waals surface area (Å²) in [4.78, 5) is 20.8. The van der Waals surface area contributed by atoms with Crippen LogP contribution >= 0.6 is 11.3 Å². The second-order valence-corrected chi connectivity index (χ2v) is 13.4. The molecule has 208 valence electrons. The summed E-state index contributed by atoms with van der Waals surface area (Å²) < 4.78 is 29.8. The minimum atomic E-state index is -3.77. The molecule has 0 spiro atoms. The van der Waals surface area contributed by atoms with Gasteiger partial charge >= 0.3 is 0 Å². The molecule has 0 fully saturated rings. The number of hydrogen-bond donors (Lipinski definition) is 0. The first kappa shape index (κ1) is 27.2. The fraction of sp³-hybridized carbons (Fsp3) is 0.212. The van der Waals surface area contributed by atoms with Gasteiger partial charge in [-0.2, -0.15) is 0 Å². The number of sulfonamides is 1. The lowest BCUT2D eigenvalue weighted by atomic mass is 10.0. The standard InChI is InChI=1S/C33H31N3O3S2/c1-23(2)28-14-8-16-30-31(28)34-33(40-30)35(22-24-10-4-3-5-11-24)32(37)26-17-19-27(20-18-26)41(38,39)36-21-9-13-25-12-6-7-15-29(25)36/h3-8,10-12,14-20,23H,9,13,21-22H2,1-2H3. The minimum absolute atomic E-state index is 0.168. The summed E-state index contributed by atoms with van der Waals surface area (Å²) in [5.74, 6) is 0.0690. The number of para-hydroxylation sites is 2. The SMILES string of the molecule is CC(C)c1cccc2sc(N(Cc3ccccc3)C(=O)c3ccc(S(=O)(=O)N4CCCc5ccccc54)cc3)nc12. The molecular formula is C33H31N3O3S2. The van der Waals surface area contributed by atoms with Crippen molar-refractivity contribution in [3.8, 4) is 0 Å². The van der Waals surface area contributed by atoms with E-state index in [4.69, 9.17) is 4.98 Å². The third-order valence-electron chi connectivity index (χ3n) is 7.48. The first-order valence-corrected chi connectivity index (χ1v) is 16.0. The van der Waals surface area contributed by atoms with Crippen LogP contribution in [0.3, 0.4) is 0 Å². The van der Waals surface area contributed by atoms with Crippen LogP contribution in [0.25, 0.3) is 10.2 Å². The van der Waals surface area contributed by atoms with E-state index in [-0.39, 0.29) is 10.8 Å². The Hall–Kier alpha value is -4.01. The van der Waals surface area contributed by atoms with Gasteiger partial charge in [-0.1, -0.05) is 85.8 Å². The quantitative estimate of drug-likeness (QED) is 0.201. The maximum absolute atomic E-state index is 14.0. The highest BCUT2D eigenvalue weighted by atomic mass is 32.2. The van der Waals surface area contributed by atoms with Gasteiger partial charge in [-0.3, -0.25) is 14.0 Å². The van der Waals surface area contributed by atoms with Crippen LogP contribution in [0.15, 0.2) is 102 Å². The Morgan fingerprint density at radius 3 is 2.41 bits per heavy atom. The molecule has 1 aliphatic rings. The maximum atomic E-state index is 14.0. The van der Waals surface area contributed by atoms with E-state index >= 15 is 0 Å². The monoisotopic (exact) mass is 581 g/mol. The zero-order valence-corrected chi connectivity index (χ0v) is 24.7. The molecule has 6 nitrogen and oxygen atoms in total. The van der Waals surface area contributed by atoms with Crippen molar-refractivity contribution < 1.29 is 13.2 Å². The highest BCUT2D eigenvalue weighted by molar-refractivity contribution is 7.92. The number of nitrogens with zero attached hydrogens (tertiary/aromatic N) is 3. The van der Waals surface area contributed by atoms with Gasteiger partial charge in [0.1, 0.15) is 0 Å². The molecule has 4 aromatic carbocycles. The van der Waals surface area contributed by atoms with Crippen LogP contribution in [-0.4, -0.2) is 25.9 Å². The lowest BCUT2D eigenvalue weighted by molar-refractivity contribution is 0.0985. The van der Waals surface area contributed by atoms with Crippen LogP contribution in [0.2, 0.25) is 0 Å². The number of rotatable bonds is 7. The third-order valence-corrected chi connectivity index (χ3v) is 10.3. The molecule has 0 atom stereocenters. The predicted molar refractivity (Wildman–Crippen MR) is 166 cm³/mol. The predicted octanol–water partition coefficient (Wildman–Crippen LogP) is 7.41. The summed E-state index contributed by atoms with van der Waals surface area (Å²) in [6.45, 7) is 5.06. The van der Waals surface area contributed by atoms with E-state index in [0.29, 0.717) is 29.7 Å². The highest BCUT2D eigenvalue weighted by Gasteiger charge is 2.29. The number of amides is 1. The van der Waals surface area contributed by atoms with E-state index in [1.54, 1.807) is 17.0 Å². The second kappa shape index (κ2) is 11.1. The average Bonchev–Trinajstić information content (AvgIpc) is 3.44. The number of aryl methyl sites for hydroxylation is 1. The number of aromatic nitrogens is 1. The average molecular weight is 582 g/mol. The summed E-state index contributed by atoms with van der Waals surface area (Å²) in [7, 11) is -3.77. The molecule has 5 aromatic rings. The van der Waals surface area contributed by atoms with E-state index < -0.39 is 10.0 Å². The van der Waals surface area contributed by atoms with Crippen molar-refractivity contribution >= 4 is 48.3 Å². The summed E-state index contributed by atoms with van der Waals surface area (Å²) >= 11 is 1.49. The van der Waals surface area contributed by atoms with Crippen LogP contribution in [-0.2, 0) is 23.0 Å². The van der Waals surface area contributed by atoms with Gasteiger partial charge in [0.15, 0.2) is 5.13 Å². The highest BCUT2D eigenvalue weighted by Crippen LogP contribution is 2.35. The zero-order valence-electron chi connectivity index (χ0n) is 23.0. The van der Waals surface area contributed by atoms with Crippen molar-refractivity contribution in [3.05, 3.63) is 119 Å². The Balaban J connectivity index is 1.34. The maximum Gasteiger partial charge on any atom is 0.264 e. The van der Waals surface area contributed by atoms with Gasteiger partial charge < -0.3 is 0 Å². The normalized spacial score (nSPS) is 13.4. The number of thiazole rings is 1. The van der Waals surface area contributed by atoms with Crippen LogP contribution < -0.4 is 9.21 Å². The molecule has 1 amide bonds. The summed E-state index contributed by atoms with van der Waals surface area (Å²) in [6, 6.07) is 29.9. The molecule has 0 radical (unpaired) electrons. The van der Waals surface area contributed by atoms with Crippen LogP contribution in [0.4, 0.5) is 10.8 Å². The Bertz CT molecular complexity index is 1810. The zero-order chi connectivity index (χ0) is 28.6. The van der Waals surface area contributed by atoms with Crippen molar-refractivity contribution in [3.63, 3.8) is 0 Å². The van der Waals surface area contributed by atoms with Gasteiger partial charge in [0.25, 0.3) is 15.9 Å². The first-order valence-electron chi connectivity index (χ1n) is 13.8. The Morgan fingerprint density at radius 2 is 1.66 bits per heavy atom. The first-order chi connectivity index (χ1) is 19.8. The van der Waals surface area contributed by atoms with E-state index in [9.17, 15) is 13.2 Å². The number of benzene rings is 4. The molecule has 1 aliphatic heterocycles. The van der Waals surface area contributed by atoms with Gasteiger partial charge in [-0.15, -0.1) is 0 Å². The molecule has 0 aliphatic carbocycles. The number of carbonyl (C=O) groups excluding carboxylic acids is 1. The topological polar surface area (TPSA) is 70.6 Å². The second-order valence-electron chi connectivity index (χ2n) is 10.6. The lowest BCUT2D eigenvalue weighted by Gasteiger charge is -2.30. The Kier molecular flexibility index (Phi) is 7.36. The Labute approximate surface area is 245 Å². The molecule has 0 saturated carbocycles. The van der Waals surface area contributed by atoms with Gasteiger partial charge in [-0.25, -0.2) is 13.4 Å². The molecule has 0 bridgehead atoms. The van der Waals surface area contributed by atoms with E-state index in [0.717, 1.165) is 45.4 Å². The summed E-state index contributed by atoms with van der Waals surface area (Å²) in [5.41, 5.74) is 5.20. The molecule has 1 aromatic heterocycles. The van der Waals surface area contributed by atoms with Crippen LogP contribution in [0, 0.1) is 0 Å². The molecule has 2 heterocycles. The number of anilines is 2. The van der Waals surface area contributed by atoms with Crippen molar-refractivity contribution in [1.29, 1.82) is 0 Å². The van der Waals surface area contributed by atoms with Gasteiger partial charge in [0, 0.05) is 12.1 Å². The minimum Gasteiger partial charge on any atom is -0.279 e. The fourth-order valence-corrected chi connectivity index (χ4v) is 7.87. The molecule has 0 saturated heterocycles. The molecule has 0 N–H and O–H groups in total. The summed E-state index contributed by atoms with van der Waals surface area (Å²) in [5, 5.41) is 0.614. The smallest absolute Gasteiger partial charge is 0.264 e. The van der Waals surface area contributed by atoms with Crippen LogP contribution in [0.5, 0.6) is 0 Å². The van der Waals surface area contributed by atoms with E-state index in [2.05, 4.69) is 19.9 Å². The molecule has 6 rings (SSSR count). The van der Waals surface area contributed by atoms with Gasteiger partial charge in [0.05, 0.1) is 27.3 Å². The number of fused-ring (bicyclic) bond motifs is 2. The molecular weight excluding hydrogens is 551 g/mol. The molecule has 8 heteroatoms. The van der Waals surface area contributed by atoms with Gasteiger partial charge in [-0.05, 0) is 71.8 Å². The van der Waals surface area contributed by atoms with Gasteiger partial charge in [0.2, 0.25) is 0 Å². The molecule has 0 unspecified atom stereocenters. The lowest BCUT2D eigenvalue weighted by Crippen LogP contribution is -2.35. The largest absolute Gasteiger partial charge is 0.279 e. The number of carbonyl (C=O) groups is 1. The van der Waals surface area contributed by atoms with Crippen molar-refractivity contribution in [2.45, 2.75) is 44.0 Å². The van der Waals surface area contributed by atoms with Crippen molar-refractivity contribution in [2.24, 2.45) is 0 Å².